The summed E-state index contributed by atoms with van der Waals surface area (Å²) in [6.45, 7) is 11.9. The van der Waals surface area contributed by atoms with Crippen LogP contribution in [0.25, 0.3) is 0 Å². The molecule has 6 nitrogen and oxygen atoms in total. The number of aliphatic imine (C=N–C) groups is 1. The Hall–Kier alpha value is -1.95. The van der Waals surface area contributed by atoms with Crippen molar-refractivity contribution in [2.75, 3.05) is 57.8 Å². The molecule has 6 heteroatoms. The topological polar surface area (TPSA) is 52.1 Å². The van der Waals surface area contributed by atoms with Crippen molar-refractivity contribution in [1.82, 2.24) is 15.5 Å². The number of nitrogens with one attached hydrogen (secondary N) is 2. The third kappa shape index (κ3) is 6.79. The van der Waals surface area contributed by atoms with E-state index in [1.165, 1.54) is 50.9 Å². The van der Waals surface area contributed by atoms with Crippen molar-refractivity contribution in [3.05, 3.63) is 24.3 Å². The quantitative estimate of drug-likeness (QED) is 0.368. The number of ether oxygens (including phenoxy) is 1. The zero-order valence-corrected chi connectivity index (χ0v) is 19.2. The SMILES string of the molecule is CCNC(=NCC1CCN(c2cccc(OC)c2)C1)NCCCN1CCCCC1C. The molecule has 0 radical (unpaired) electrons. The van der Waals surface area contributed by atoms with Crippen molar-refractivity contribution in [3.8, 4) is 5.75 Å². The van der Waals surface area contributed by atoms with Gasteiger partial charge in [-0.1, -0.05) is 12.5 Å². The number of guanidine groups is 1. The van der Waals surface area contributed by atoms with Crippen molar-refractivity contribution in [2.24, 2.45) is 10.9 Å². The molecular formula is C24H41N5O. The number of methoxy groups -OCH3 is 1. The van der Waals surface area contributed by atoms with Crippen LogP contribution in [0.2, 0.25) is 0 Å². The third-order valence-electron chi connectivity index (χ3n) is 6.41. The largest absolute Gasteiger partial charge is 0.497 e. The number of benzene rings is 1. The van der Waals surface area contributed by atoms with E-state index in [1.807, 2.05) is 6.07 Å². The average molecular weight is 416 g/mol. The molecule has 0 bridgehead atoms. The minimum absolute atomic E-state index is 0.598. The van der Waals surface area contributed by atoms with E-state index in [4.69, 9.17) is 9.73 Å². The second-order valence-corrected chi connectivity index (χ2v) is 8.68. The van der Waals surface area contributed by atoms with Gasteiger partial charge >= 0.3 is 0 Å². The van der Waals surface area contributed by atoms with Crippen LogP contribution in [-0.4, -0.2) is 69.8 Å². The lowest BCUT2D eigenvalue weighted by Crippen LogP contribution is -2.41. The maximum absolute atomic E-state index is 5.37. The monoisotopic (exact) mass is 415 g/mol. The summed E-state index contributed by atoms with van der Waals surface area (Å²) < 4.78 is 5.37. The van der Waals surface area contributed by atoms with Crippen LogP contribution in [0.3, 0.4) is 0 Å². The Labute approximate surface area is 183 Å². The summed E-state index contributed by atoms with van der Waals surface area (Å²) in [5.41, 5.74) is 1.25. The summed E-state index contributed by atoms with van der Waals surface area (Å²) >= 11 is 0. The second kappa shape index (κ2) is 12.0. The predicted molar refractivity (Wildman–Crippen MR) is 127 cm³/mol. The van der Waals surface area contributed by atoms with Crippen molar-refractivity contribution in [3.63, 3.8) is 0 Å². The van der Waals surface area contributed by atoms with Crippen molar-refractivity contribution in [1.29, 1.82) is 0 Å². The standard InChI is InChI=1S/C24H41N5O/c1-4-25-24(26-13-8-15-28-14-6-5-9-20(28)2)27-18-21-12-16-29(19-21)22-10-7-11-23(17-22)30-3/h7,10-11,17,20-21H,4-6,8-9,12-16,18-19H2,1-3H3,(H2,25,26,27). The molecule has 168 valence electrons. The van der Waals surface area contributed by atoms with Crippen LogP contribution in [0.1, 0.15) is 46.0 Å². The Balaban J connectivity index is 1.41. The number of nitrogens with zero attached hydrogens (tertiary/aromatic N) is 3. The van der Waals surface area contributed by atoms with E-state index in [1.54, 1.807) is 7.11 Å². The normalized spacial score (nSPS) is 22.9. The highest BCUT2D eigenvalue weighted by molar-refractivity contribution is 5.79. The Morgan fingerprint density at radius 3 is 2.90 bits per heavy atom. The molecule has 30 heavy (non-hydrogen) atoms. The number of anilines is 1. The molecule has 1 aromatic rings. The van der Waals surface area contributed by atoms with Crippen LogP contribution in [0.4, 0.5) is 5.69 Å². The fourth-order valence-electron chi connectivity index (χ4n) is 4.56. The maximum atomic E-state index is 5.37. The molecular weight excluding hydrogens is 374 g/mol. The van der Waals surface area contributed by atoms with E-state index in [2.05, 4.69) is 52.5 Å². The van der Waals surface area contributed by atoms with Gasteiger partial charge in [0, 0.05) is 57.1 Å². The van der Waals surface area contributed by atoms with E-state index in [0.29, 0.717) is 5.92 Å². The van der Waals surface area contributed by atoms with Crippen LogP contribution in [0.15, 0.2) is 29.3 Å². The van der Waals surface area contributed by atoms with Crippen LogP contribution in [0.5, 0.6) is 5.75 Å². The first kappa shape index (κ1) is 22.7. The molecule has 2 unspecified atom stereocenters. The first-order valence-corrected chi connectivity index (χ1v) is 11.8. The van der Waals surface area contributed by atoms with E-state index in [-0.39, 0.29) is 0 Å². The first-order valence-electron chi connectivity index (χ1n) is 11.8. The summed E-state index contributed by atoms with van der Waals surface area (Å²) in [4.78, 5) is 9.97. The minimum Gasteiger partial charge on any atom is -0.497 e. The molecule has 1 aromatic carbocycles. The second-order valence-electron chi connectivity index (χ2n) is 8.68. The zero-order valence-electron chi connectivity index (χ0n) is 19.2. The molecule has 3 rings (SSSR count). The molecule has 0 aromatic heterocycles. The molecule has 2 saturated heterocycles. The van der Waals surface area contributed by atoms with Crippen molar-refractivity contribution < 1.29 is 4.74 Å². The van der Waals surface area contributed by atoms with Crippen molar-refractivity contribution in [2.45, 2.75) is 52.0 Å². The third-order valence-corrected chi connectivity index (χ3v) is 6.41. The zero-order chi connectivity index (χ0) is 21.2. The highest BCUT2D eigenvalue weighted by Gasteiger charge is 2.23. The van der Waals surface area contributed by atoms with Crippen LogP contribution in [0, 0.1) is 5.92 Å². The summed E-state index contributed by atoms with van der Waals surface area (Å²) in [5.74, 6) is 2.48. The molecule has 2 atom stereocenters. The smallest absolute Gasteiger partial charge is 0.191 e. The molecule has 2 fully saturated rings. The van der Waals surface area contributed by atoms with E-state index >= 15 is 0 Å². The number of hydrogen-bond donors (Lipinski definition) is 2. The van der Waals surface area contributed by atoms with Crippen LogP contribution < -0.4 is 20.3 Å². The molecule has 2 aliphatic heterocycles. The highest BCUT2D eigenvalue weighted by Crippen LogP contribution is 2.27. The van der Waals surface area contributed by atoms with Gasteiger partial charge in [-0.25, -0.2) is 0 Å². The first-order chi connectivity index (χ1) is 14.7. The predicted octanol–water partition coefficient (Wildman–Crippen LogP) is 3.34. The van der Waals surface area contributed by atoms with Gasteiger partial charge in [-0.2, -0.15) is 0 Å². The van der Waals surface area contributed by atoms with Gasteiger partial charge in [0.1, 0.15) is 5.75 Å². The van der Waals surface area contributed by atoms with Gasteiger partial charge in [-0.3, -0.25) is 4.99 Å². The minimum atomic E-state index is 0.598. The van der Waals surface area contributed by atoms with E-state index in [9.17, 15) is 0 Å². The summed E-state index contributed by atoms with van der Waals surface area (Å²) in [6, 6.07) is 9.11. The van der Waals surface area contributed by atoms with Gasteiger partial charge in [0.15, 0.2) is 5.96 Å². The molecule has 2 N–H and O–H groups in total. The van der Waals surface area contributed by atoms with Crippen LogP contribution in [-0.2, 0) is 0 Å². The van der Waals surface area contributed by atoms with E-state index in [0.717, 1.165) is 50.5 Å². The summed E-state index contributed by atoms with van der Waals surface area (Å²) in [5, 5.41) is 6.95. The number of likely N-dealkylation sites (tertiary alicyclic amines) is 1. The maximum Gasteiger partial charge on any atom is 0.191 e. The lowest BCUT2D eigenvalue weighted by atomic mass is 10.0. The number of piperidine rings is 1. The lowest BCUT2D eigenvalue weighted by molar-refractivity contribution is 0.159. The molecule has 2 heterocycles. The van der Waals surface area contributed by atoms with Gasteiger partial charge in [0.2, 0.25) is 0 Å². The van der Waals surface area contributed by atoms with Gasteiger partial charge in [-0.05, 0) is 64.1 Å². The Morgan fingerprint density at radius 2 is 2.10 bits per heavy atom. The number of rotatable bonds is 9. The molecule has 2 aliphatic rings. The number of hydrogen-bond acceptors (Lipinski definition) is 4. The summed E-state index contributed by atoms with van der Waals surface area (Å²) in [6.07, 6.45) is 6.46. The fourth-order valence-corrected chi connectivity index (χ4v) is 4.56. The highest BCUT2D eigenvalue weighted by atomic mass is 16.5. The Bertz CT molecular complexity index is 665. The Morgan fingerprint density at radius 1 is 1.20 bits per heavy atom. The van der Waals surface area contributed by atoms with Crippen LogP contribution >= 0.6 is 0 Å². The van der Waals surface area contributed by atoms with Gasteiger partial charge in [-0.15, -0.1) is 0 Å². The van der Waals surface area contributed by atoms with Gasteiger partial charge < -0.3 is 25.2 Å². The van der Waals surface area contributed by atoms with E-state index < -0.39 is 0 Å². The molecule has 0 aliphatic carbocycles. The van der Waals surface area contributed by atoms with Gasteiger partial charge in [0.05, 0.1) is 7.11 Å². The lowest BCUT2D eigenvalue weighted by Gasteiger charge is -2.33. The molecule has 0 spiro atoms. The van der Waals surface area contributed by atoms with Gasteiger partial charge in [0.25, 0.3) is 0 Å². The molecule has 0 saturated carbocycles. The average Bonchev–Trinajstić information content (AvgIpc) is 3.25. The summed E-state index contributed by atoms with van der Waals surface area (Å²) in [7, 11) is 1.73. The molecule has 0 amide bonds. The van der Waals surface area contributed by atoms with Crippen molar-refractivity contribution >= 4 is 11.6 Å². The fraction of sp³-hybridized carbons (Fsp3) is 0.708. The Kier molecular flexibility index (Phi) is 9.12.